The molecule has 0 fully saturated rings. The first kappa shape index (κ1) is 73.0. The predicted octanol–water partition coefficient (Wildman–Crippen LogP) is 15.0. The molecular formula is C81H90N8O10. The quantitative estimate of drug-likeness (QED) is 0.0243. The second-order valence-corrected chi connectivity index (χ2v) is 25.5. The van der Waals surface area contributed by atoms with Crippen molar-refractivity contribution in [1.29, 1.82) is 0 Å². The summed E-state index contributed by atoms with van der Waals surface area (Å²) in [4.78, 5) is 94.2. The fourth-order valence-corrected chi connectivity index (χ4v) is 12.9. The van der Waals surface area contributed by atoms with Gasteiger partial charge < -0.3 is 49.7 Å². The van der Waals surface area contributed by atoms with E-state index in [1.807, 2.05) is 121 Å². The van der Waals surface area contributed by atoms with E-state index in [4.69, 9.17) is 0 Å². The van der Waals surface area contributed by atoms with Crippen LogP contribution in [0.5, 0.6) is 11.5 Å². The van der Waals surface area contributed by atoms with E-state index in [1.54, 1.807) is 65.8 Å². The summed E-state index contributed by atoms with van der Waals surface area (Å²) < 4.78 is 8.73. The second-order valence-electron chi connectivity index (χ2n) is 25.5. The van der Waals surface area contributed by atoms with Crippen LogP contribution >= 0.6 is 0 Å². The predicted molar refractivity (Wildman–Crippen MR) is 400 cm³/mol. The number of likely N-dealkylation sites (N-methyl/N-ethyl adjacent to an activating group) is 2. The van der Waals surface area contributed by atoms with Gasteiger partial charge in [0.2, 0.25) is 0 Å². The number of hydrogen-bond acceptors (Lipinski definition) is 14. The van der Waals surface area contributed by atoms with Gasteiger partial charge in [-0.15, -0.1) is 0 Å². The van der Waals surface area contributed by atoms with Gasteiger partial charge in [0.1, 0.15) is 11.5 Å². The molecule has 8 aromatic carbocycles. The highest BCUT2D eigenvalue weighted by Crippen LogP contribution is 2.38. The molecule has 0 bridgehead atoms. The molecule has 0 aliphatic rings. The van der Waals surface area contributed by atoms with Crippen molar-refractivity contribution < 1.29 is 48.6 Å². The highest BCUT2D eigenvalue weighted by molar-refractivity contribution is 6.17. The van der Waals surface area contributed by atoms with Gasteiger partial charge in [-0.1, -0.05) is 27.7 Å². The van der Waals surface area contributed by atoms with Crippen LogP contribution in [0.3, 0.4) is 0 Å². The Labute approximate surface area is 576 Å². The van der Waals surface area contributed by atoms with Crippen molar-refractivity contribution in [3.8, 4) is 11.5 Å². The molecule has 0 unspecified atom stereocenters. The van der Waals surface area contributed by atoms with E-state index in [9.17, 15) is 48.6 Å². The summed E-state index contributed by atoms with van der Waals surface area (Å²) in [6.07, 6.45) is 1.11. The minimum atomic E-state index is -0.234. The van der Waals surface area contributed by atoms with Crippen molar-refractivity contribution in [2.24, 2.45) is 0 Å². The van der Waals surface area contributed by atoms with Crippen LogP contribution in [-0.2, 0) is 26.2 Å². The maximum atomic E-state index is 11.9. The minimum Gasteiger partial charge on any atom is -0.507 e. The number of aromatic nitrogens is 4. The molecule has 6 N–H and O–H groups in total. The van der Waals surface area contributed by atoms with Crippen LogP contribution < -0.4 is 21.3 Å². The number of carbonyl (C=O) groups is 8. The van der Waals surface area contributed by atoms with Gasteiger partial charge >= 0.3 is 0 Å². The smallest absolute Gasteiger partial charge is 0.163 e. The maximum absolute atomic E-state index is 11.9. The fourth-order valence-electron chi connectivity index (χ4n) is 12.9. The Hall–Kier alpha value is -10.2. The van der Waals surface area contributed by atoms with Crippen molar-refractivity contribution >= 4 is 133 Å². The van der Waals surface area contributed by atoms with E-state index in [0.29, 0.717) is 52.5 Å². The Kier molecular flexibility index (Phi) is 23.6. The summed E-state index contributed by atoms with van der Waals surface area (Å²) in [5.41, 5.74) is 12.7. The molecule has 18 heteroatoms. The SMILES string of the molecule is CC(=O)c1cc2c3cc(C(C)=O)c(O)cc3n(CCNC(C)C)c2cc1O.CCCNCCn1c2ccc(C(C)=O)cc2c2cc(C(C)=O)ccc21.CCNCCn1c2ccc(C(C)=O)cc2c2cc(C(C)=O)ccc21.CNCCn1c2ccc(C(C)=O)cc2c2cc(C(C)=O)ccc21. The van der Waals surface area contributed by atoms with E-state index in [0.717, 1.165) is 146 Å². The fraction of sp³-hybridized carbons (Fsp3) is 0.309. The van der Waals surface area contributed by atoms with Crippen molar-refractivity contribution in [2.45, 2.75) is 122 Å². The van der Waals surface area contributed by atoms with Crippen molar-refractivity contribution in [3.05, 3.63) is 178 Å². The number of aromatic hydroxyl groups is 2. The first-order valence-corrected chi connectivity index (χ1v) is 33.9. The van der Waals surface area contributed by atoms with Gasteiger partial charge in [0.05, 0.1) is 22.2 Å². The van der Waals surface area contributed by atoms with E-state index >= 15 is 0 Å². The number of hydrogen-bond donors (Lipinski definition) is 6. The highest BCUT2D eigenvalue weighted by atomic mass is 16.3. The number of phenolic OH excluding ortho intramolecular Hbond substituents is 2. The second kappa shape index (κ2) is 32.0. The number of phenols is 2. The number of rotatable bonds is 24. The lowest BCUT2D eigenvalue weighted by molar-refractivity contribution is 0.100. The first-order chi connectivity index (χ1) is 47.3. The Morgan fingerprint density at radius 2 is 0.596 bits per heavy atom. The molecule has 12 aromatic rings. The Morgan fingerprint density at radius 1 is 0.333 bits per heavy atom. The number of benzene rings is 8. The molecule has 0 saturated heterocycles. The molecule has 4 aromatic heterocycles. The summed E-state index contributed by atoms with van der Waals surface area (Å²) in [7, 11) is 1.93. The summed E-state index contributed by atoms with van der Waals surface area (Å²) in [5, 5.41) is 41.5. The average Bonchev–Trinajstić information content (AvgIpc) is 1.62. The third-order valence-corrected chi connectivity index (χ3v) is 18.1. The van der Waals surface area contributed by atoms with E-state index in [-0.39, 0.29) is 68.9 Å². The Morgan fingerprint density at radius 3 is 0.848 bits per heavy atom. The number of Topliss-reactive ketones (excluding diaryl/α,β-unsaturated/α-hetero) is 8. The van der Waals surface area contributed by atoms with Gasteiger partial charge in [0.15, 0.2) is 46.3 Å². The lowest BCUT2D eigenvalue weighted by Crippen LogP contribution is -2.26. The molecule has 0 radical (unpaired) electrons. The lowest BCUT2D eigenvalue weighted by Gasteiger charge is -2.12. The number of ketones is 8. The highest BCUT2D eigenvalue weighted by Gasteiger charge is 2.21. The number of carbonyl (C=O) groups excluding carboxylic acids is 8. The monoisotopic (exact) mass is 1330 g/mol. The van der Waals surface area contributed by atoms with Crippen LogP contribution in [0.15, 0.2) is 133 Å². The molecule has 0 amide bonds. The number of nitrogens with one attached hydrogen (secondary N) is 4. The van der Waals surface area contributed by atoms with Gasteiger partial charge in [0.25, 0.3) is 0 Å². The summed E-state index contributed by atoms with van der Waals surface area (Å²) in [6.45, 7) is 29.0. The Balaban J connectivity index is 0.000000154. The van der Waals surface area contributed by atoms with Crippen molar-refractivity contribution in [2.75, 3.05) is 46.3 Å². The van der Waals surface area contributed by atoms with Crippen LogP contribution in [0.1, 0.15) is 172 Å². The standard InChI is InChI=1S/C21H24N2O4.C21H24N2O2.C20H22N2O2.C19H20N2O2/c1-11(2)22-5-6-23-18-9-20(26)14(12(3)24)7-16(18)17-8-15(13(4)25)21(27)10-19(17)23;1-4-9-22-10-11-23-20-7-5-16(14(2)24)12-18(20)19-13-17(15(3)25)6-8-21(19)23;1-4-21-9-10-22-19-7-5-15(13(2)23)11-17(19)18-12-16(14(3)24)6-8-20(18)22;1-12(22)14-4-6-18-16(10-14)17-11-15(13(2)23)5-7-19(17)21(18)9-8-20-3/h7-11,22,26-27H,5-6H2,1-4H3;5-8,12-13,22H,4,9-11H2,1-3H3;5-8,11-12,21H,4,9-10H2,1-3H3;4-7,10-11,20H,8-9H2,1-3H3. The molecule has 514 valence electrons. The van der Waals surface area contributed by atoms with Crippen LogP contribution in [0, 0.1) is 0 Å². The summed E-state index contributed by atoms with van der Waals surface area (Å²) in [5.74, 6) is -0.327. The Bertz CT molecular complexity index is 4860. The molecular weight excluding hydrogens is 1240 g/mol. The van der Waals surface area contributed by atoms with Crippen LogP contribution in [0.2, 0.25) is 0 Å². The molecule has 99 heavy (non-hydrogen) atoms. The molecule has 0 atom stereocenters. The molecule has 12 rings (SSSR count). The van der Waals surface area contributed by atoms with Gasteiger partial charge in [0, 0.05) is 180 Å². The maximum Gasteiger partial charge on any atom is 0.163 e. The number of nitrogens with zero attached hydrogens (tertiary/aromatic N) is 4. The van der Waals surface area contributed by atoms with Crippen LogP contribution in [0.4, 0.5) is 0 Å². The average molecular weight is 1340 g/mol. The molecule has 0 saturated carbocycles. The van der Waals surface area contributed by atoms with E-state index < -0.39 is 0 Å². The molecule has 0 spiro atoms. The van der Waals surface area contributed by atoms with Gasteiger partial charge in [-0.3, -0.25) is 38.4 Å². The van der Waals surface area contributed by atoms with Crippen LogP contribution in [0.25, 0.3) is 87.2 Å². The van der Waals surface area contributed by atoms with Gasteiger partial charge in [-0.05, 0) is 203 Å². The first-order valence-electron chi connectivity index (χ1n) is 33.9. The van der Waals surface area contributed by atoms with Crippen LogP contribution in [-0.4, -0.2) is 127 Å². The summed E-state index contributed by atoms with van der Waals surface area (Å²) in [6, 6.07) is 41.7. The third-order valence-electron chi connectivity index (χ3n) is 18.1. The molecule has 0 aliphatic carbocycles. The molecule has 0 aliphatic heterocycles. The van der Waals surface area contributed by atoms with E-state index in [1.165, 1.54) is 13.8 Å². The van der Waals surface area contributed by atoms with Crippen molar-refractivity contribution in [3.63, 3.8) is 0 Å². The van der Waals surface area contributed by atoms with E-state index in [2.05, 4.69) is 62.7 Å². The largest absolute Gasteiger partial charge is 0.507 e. The normalized spacial score (nSPS) is 11.4. The zero-order chi connectivity index (χ0) is 71.7. The van der Waals surface area contributed by atoms with Gasteiger partial charge in [-0.25, -0.2) is 0 Å². The van der Waals surface area contributed by atoms with Gasteiger partial charge in [-0.2, -0.15) is 0 Å². The van der Waals surface area contributed by atoms with Crippen molar-refractivity contribution in [1.82, 2.24) is 39.5 Å². The number of fused-ring (bicyclic) bond motifs is 12. The summed E-state index contributed by atoms with van der Waals surface area (Å²) >= 11 is 0. The topological polar surface area (TPSA) is 245 Å². The zero-order valence-corrected chi connectivity index (χ0v) is 59.0. The zero-order valence-electron chi connectivity index (χ0n) is 59.0. The lowest BCUT2D eigenvalue weighted by atomic mass is 10.0. The molecule has 4 heterocycles. The third kappa shape index (κ3) is 16.0. The minimum absolute atomic E-state index is 0.0470. The molecule has 18 nitrogen and oxygen atoms in total.